The van der Waals surface area contributed by atoms with E-state index in [0.29, 0.717) is 29.8 Å². The number of benzene rings is 1. The van der Waals surface area contributed by atoms with Crippen LogP contribution in [0, 0.1) is 13.8 Å². The fourth-order valence-corrected chi connectivity index (χ4v) is 6.23. The van der Waals surface area contributed by atoms with Crippen molar-refractivity contribution in [3.05, 3.63) is 98.1 Å². The summed E-state index contributed by atoms with van der Waals surface area (Å²) in [7, 11) is 1.65. The molecule has 1 aromatic carbocycles. The van der Waals surface area contributed by atoms with Crippen molar-refractivity contribution >= 4 is 28.8 Å². The van der Waals surface area contributed by atoms with E-state index < -0.39 is 5.92 Å². The van der Waals surface area contributed by atoms with Crippen LogP contribution in [0.3, 0.4) is 0 Å². The van der Waals surface area contributed by atoms with Gasteiger partial charge in [-0.2, -0.15) is 0 Å². The molecule has 0 spiro atoms. The predicted octanol–water partition coefficient (Wildman–Crippen LogP) is 5.77. The molecule has 36 heavy (non-hydrogen) atoms. The number of ketones is 1. The first kappa shape index (κ1) is 24.0. The molecule has 0 bridgehead atoms. The molecule has 2 aliphatic rings. The fraction of sp³-hybridized carbons (Fsp3) is 0.276. The maximum atomic E-state index is 13.7. The number of thiophene rings is 1. The molecule has 0 fully saturated rings. The number of carbonyl (C=O) groups excluding carboxylic acids is 2. The van der Waals surface area contributed by atoms with Crippen LogP contribution in [-0.2, 0) is 9.59 Å². The largest absolute Gasteiger partial charge is 0.497 e. The zero-order valence-corrected chi connectivity index (χ0v) is 21.7. The van der Waals surface area contributed by atoms with E-state index in [1.165, 1.54) is 0 Å². The number of Topliss-reactive ketones (excluding diaryl/α,β-unsaturated/α-hetero) is 1. The summed E-state index contributed by atoms with van der Waals surface area (Å²) >= 11 is 1.59. The monoisotopic (exact) mass is 499 g/mol. The van der Waals surface area contributed by atoms with Crippen molar-refractivity contribution in [3.8, 4) is 5.75 Å². The number of methoxy groups -OCH3 is 1. The van der Waals surface area contributed by atoms with Crippen molar-refractivity contribution in [2.75, 3.05) is 12.4 Å². The number of aromatic nitrogens is 1. The molecule has 3 heterocycles. The Morgan fingerprint density at radius 1 is 1.11 bits per heavy atom. The van der Waals surface area contributed by atoms with Crippen LogP contribution in [0.25, 0.3) is 0 Å². The smallest absolute Gasteiger partial charge is 0.255 e. The number of dihydropyridines is 1. The number of pyridine rings is 1. The molecular weight excluding hydrogens is 470 g/mol. The van der Waals surface area contributed by atoms with E-state index in [2.05, 4.69) is 15.6 Å². The Kier molecular flexibility index (Phi) is 6.49. The molecule has 1 aliphatic heterocycles. The lowest BCUT2D eigenvalue weighted by Crippen LogP contribution is -2.37. The molecule has 0 radical (unpaired) electrons. The van der Waals surface area contributed by atoms with Crippen LogP contribution >= 0.6 is 11.3 Å². The van der Waals surface area contributed by atoms with E-state index in [0.717, 1.165) is 38.7 Å². The molecule has 2 unspecified atom stereocenters. The van der Waals surface area contributed by atoms with Crippen molar-refractivity contribution in [2.45, 2.75) is 45.4 Å². The summed E-state index contributed by atoms with van der Waals surface area (Å²) in [6.45, 7) is 5.91. The van der Waals surface area contributed by atoms with Gasteiger partial charge in [0.25, 0.3) is 5.91 Å². The van der Waals surface area contributed by atoms with Crippen molar-refractivity contribution in [3.63, 3.8) is 0 Å². The zero-order valence-electron chi connectivity index (χ0n) is 20.8. The van der Waals surface area contributed by atoms with Gasteiger partial charge in [0.2, 0.25) is 0 Å². The highest BCUT2D eigenvalue weighted by atomic mass is 32.1. The fourth-order valence-electron chi connectivity index (χ4n) is 5.18. The molecule has 2 atom stereocenters. The van der Waals surface area contributed by atoms with Crippen LogP contribution in [0.5, 0.6) is 5.75 Å². The van der Waals surface area contributed by atoms with Gasteiger partial charge in [0.05, 0.1) is 13.0 Å². The Morgan fingerprint density at radius 2 is 1.89 bits per heavy atom. The maximum absolute atomic E-state index is 13.7. The highest BCUT2D eigenvalue weighted by Gasteiger charge is 2.41. The Morgan fingerprint density at radius 3 is 2.56 bits per heavy atom. The van der Waals surface area contributed by atoms with Gasteiger partial charge in [-0.3, -0.25) is 9.59 Å². The molecular formula is C29H29N3O3S. The number of allylic oxidation sites excluding steroid dienone is 3. The summed E-state index contributed by atoms with van der Waals surface area (Å²) in [4.78, 5) is 32.7. The Bertz CT molecular complexity index is 1400. The first-order valence-electron chi connectivity index (χ1n) is 12.0. The van der Waals surface area contributed by atoms with E-state index in [4.69, 9.17) is 4.74 Å². The summed E-state index contributed by atoms with van der Waals surface area (Å²) in [5.74, 6) is 0.787. The Labute approximate surface area is 215 Å². The summed E-state index contributed by atoms with van der Waals surface area (Å²) in [5.41, 5.74) is 6.15. The van der Waals surface area contributed by atoms with Gasteiger partial charge < -0.3 is 15.4 Å². The minimum Gasteiger partial charge on any atom is -0.497 e. The molecule has 6 nitrogen and oxygen atoms in total. The topological polar surface area (TPSA) is 80.3 Å². The summed E-state index contributed by atoms with van der Waals surface area (Å²) in [6.07, 6.45) is 2.79. The lowest BCUT2D eigenvalue weighted by atomic mass is 9.73. The lowest BCUT2D eigenvalue weighted by molar-refractivity contribution is -0.116. The number of anilines is 1. The normalized spacial score (nSPS) is 19.6. The van der Waals surface area contributed by atoms with Crippen LogP contribution in [0.1, 0.15) is 53.2 Å². The van der Waals surface area contributed by atoms with Crippen LogP contribution in [-0.4, -0.2) is 23.8 Å². The van der Waals surface area contributed by atoms with Crippen molar-refractivity contribution < 1.29 is 14.3 Å². The predicted molar refractivity (Wildman–Crippen MR) is 142 cm³/mol. The van der Waals surface area contributed by atoms with E-state index in [1.807, 2.05) is 68.6 Å². The van der Waals surface area contributed by atoms with Gasteiger partial charge in [0, 0.05) is 40.0 Å². The van der Waals surface area contributed by atoms with Gasteiger partial charge in [-0.1, -0.05) is 12.1 Å². The molecule has 1 amide bonds. The minimum absolute atomic E-state index is 0.0689. The van der Waals surface area contributed by atoms with E-state index >= 15 is 0 Å². The molecule has 3 aromatic rings. The van der Waals surface area contributed by atoms with Crippen LogP contribution in [0.2, 0.25) is 0 Å². The maximum Gasteiger partial charge on any atom is 0.255 e. The standard InChI is InChI=1S/C29H29N3O3S/c1-16-9-11-30-24(13-16)32-29(34)25-18(3)31-22-14-20(19-5-7-21(35-4)8-6-19)15-23(33)26(22)27(25)28-17(2)10-12-36-28/h5-13,20,27,31H,14-15H2,1-4H3,(H,30,32,34). The van der Waals surface area contributed by atoms with E-state index in [-0.39, 0.29) is 17.6 Å². The highest BCUT2D eigenvalue weighted by Crippen LogP contribution is 2.47. The molecule has 0 saturated carbocycles. The van der Waals surface area contributed by atoms with Crippen LogP contribution in [0.15, 0.2) is 76.6 Å². The second kappa shape index (κ2) is 9.74. The number of nitrogens with one attached hydrogen (secondary N) is 2. The summed E-state index contributed by atoms with van der Waals surface area (Å²) in [6, 6.07) is 13.7. The third kappa shape index (κ3) is 4.46. The van der Waals surface area contributed by atoms with Crippen molar-refractivity contribution in [2.24, 2.45) is 0 Å². The molecule has 7 heteroatoms. The van der Waals surface area contributed by atoms with Gasteiger partial charge in [0.1, 0.15) is 11.6 Å². The number of ether oxygens (including phenoxy) is 1. The average molecular weight is 500 g/mol. The zero-order chi connectivity index (χ0) is 25.4. The first-order valence-corrected chi connectivity index (χ1v) is 12.9. The van der Waals surface area contributed by atoms with E-state index in [1.54, 1.807) is 24.6 Å². The van der Waals surface area contributed by atoms with Crippen molar-refractivity contribution in [1.82, 2.24) is 10.3 Å². The minimum atomic E-state index is -0.407. The number of rotatable bonds is 5. The first-order chi connectivity index (χ1) is 17.4. The number of carbonyl (C=O) groups is 2. The number of aryl methyl sites for hydroxylation is 2. The third-order valence-corrected chi connectivity index (χ3v) is 8.06. The van der Waals surface area contributed by atoms with Gasteiger partial charge in [-0.25, -0.2) is 4.98 Å². The van der Waals surface area contributed by atoms with Gasteiger partial charge in [-0.15, -0.1) is 11.3 Å². The van der Waals surface area contributed by atoms with Crippen LogP contribution < -0.4 is 15.4 Å². The Balaban J connectivity index is 1.53. The van der Waals surface area contributed by atoms with Gasteiger partial charge in [0.15, 0.2) is 5.78 Å². The highest BCUT2D eigenvalue weighted by molar-refractivity contribution is 7.10. The molecule has 5 rings (SSSR count). The van der Waals surface area contributed by atoms with Crippen molar-refractivity contribution in [1.29, 1.82) is 0 Å². The number of nitrogens with zero attached hydrogens (tertiary/aromatic N) is 1. The van der Waals surface area contributed by atoms with Gasteiger partial charge in [-0.05, 0) is 85.5 Å². The summed E-state index contributed by atoms with van der Waals surface area (Å²) < 4.78 is 5.29. The van der Waals surface area contributed by atoms with Gasteiger partial charge >= 0.3 is 0 Å². The average Bonchev–Trinajstić information content (AvgIpc) is 3.28. The SMILES string of the molecule is COc1ccc(C2CC(=O)C3=C(C2)NC(C)=C(C(=O)Nc2cc(C)ccn2)C3c2sccc2C)cc1. The second-order valence-electron chi connectivity index (χ2n) is 9.43. The molecule has 184 valence electrons. The second-order valence-corrected chi connectivity index (χ2v) is 10.4. The quantitative estimate of drug-likeness (QED) is 0.466. The lowest BCUT2D eigenvalue weighted by Gasteiger charge is -2.36. The molecule has 0 saturated heterocycles. The number of hydrogen-bond acceptors (Lipinski definition) is 6. The summed E-state index contributed by atoms with van der Waals surface area (Å²) in [5, 5.41) is 8.43. The third-order valence-electron chi connectivity index (χ3n) is 6.98. The van der Waals surface area contributed by atoms with Crippen LogP contribution in [0.4, 0.5) is 5.82 Å². The van der Waals surface area contributed by atoms with E-state index in [9.17, 15) is 9.59 Å². The molecule has 2 aromatic heterocycles. The number of amides is 1. The Hall–Kier alpha value is -3.71. The molecule has 1 aliphatic carbocycles. The molecule has 2 N–H and O–H groups in total. The number of hydrogen-bond donors (Lipinski definition) is 2.